The fourth-order valence-corrected chi connectivity index (χ4v) is 4.86. The van der Waals surface area contributed by atoms with Gasteiger partial charge in [-0.25, -0.2) is 18.2 Å². The second-order valence-electron chi connectivity index (χ2n) is 8.82. The maximum absolute atomic E-state index is 13.9. The molecule has 2 atom stereocenters. The molecule has 3 aromatic rings. The van der Waals surface area contributed by atoms with Crippen LogP contribution in [0.25, 0.3) is 11.8 Å². The Bertz CT molecular complexity index is 1340. The summed E-state index contributed by atoms with van der Waals surface area (Å²) < 4.78 is 48.9. The lowest BCUT2D eigenvalue weighted by Crippen LogP contribution is -2.47. The SMILES string of the molecule is COc1cc(/C=C2/CC[C@@H]3C=CC[C@@H](c4cc(F)c(F)c(F)c4)N3C2=O)ccc1-n1cnc(C)c1. The smallest absolute Gasteiger partial charge is 0.250 e. The number of rotatable bonds is 4. The van der Waals surface area contributed by atoms with Crippen LogP contribution in [-0.4, -0.2) is 33.5 Å². The van der Waals surface area contributed by atoms with Gasteiger partial charge in [-0.05, 0) is 67.7 Å². The van der Waals surface area contributed by atoms with Crippen LogP contribution in [0.2, 0.25) is 0 Å². The lowest BCUT2D eigenvalue weighted by molar-refractivity contribution is -0.133. The number of benzene rings is 2. The van der Waals surface area contributed by atoms with Gasteiger partial charge in [-0.3, -0.25) is 4.79 Å². The zero-order chi connectivity index (χ0) is 24.7. The molecule has 2 aliphatic rings. The van der Waals surface area contributed by atoms with Crippen molar-refractivity contribution >= 4 is 12.0 Å². The van der Waals surface area contributed by atoms with Crippen LogP contribution in [-0.2, 0) is 4.79 Å². The zero-order valence-corrected chi connectivity index (χ0v) is 19.3. The van der Waals surface area contributed by atoms with E-state index >= 15 is 0 Å². The molecular formula is C27H24F3N3O2. The molecule has 1 fully saturated rings. The molecule has 0 spiro atoms. The highest BCUT2D eigenvalue weighted by Crippen LogP contribution is 2.39. The Morgan fingerprint density at radius 2 is 1.91 bits per heavy atom. The van der Waals surface area contributed by atoms with E-state index in [4.69, 9.17) is 4.74 Å². The topological polar surface area (TPSA) is 47.4 Å². The molecule has 5 nitrogen and oxygen atoms in total. The van der Waals surface area contributed by atoms with E-state index < -0.39 is 23.5 Å². The highest BCUT2D eigenvalue weighted by molar-refractivity contribution is 5.99. The third-order valence-electron chi connectivity index (χ3n) is 6.55. The number of methoxy groups -OCH3 is 1. The van der Waals surface area contributed by atoms with Crippen molar-refractivity contribution in [1.82, 2.24) is 14.5 Å². The molecule has 8 heteroatoms. The number of hydrogen-bond acceptors (Lipinski definition) is 3. The normalized spacial score (nSPS) is 20.9. The van der Waals surface area contributed by atoms with Crippen molar-refractivity contribution in [3.63, 3.8) is 0 Å². The average Bonchev–Trinajstić information content (AvgIpc) is 3.29. The van der Waals surface area contributed by atoms with Gasteiger partial charge in [0, 0.05) is 11.8 Å². The van der Waals surface area contributed by atoms with E-state index in [1.54, 1.807) is 18.3 Å². The summed E-state index contributed by atoms with van der Waals surface area (Å²) in [5.41, 5.74) is 3.34. The maximum Gasteiger partial charge on any atom is 0.250 e. The first-order chi connectivity index (χ1) is 16.9. The van der Waals surface area contributed by atoms with Crippen molar-refractivity contribution in [2.45, 2.75) is 38.3 Å². The zero-order valence-electron chi connectivity index (χ0n) is 19.3. The van der Waals surface area contributed by atoms with Crippen LogP contribution in [0, 0.1) is 24.4 Å². The van der Waals surface area contributed by atoms with Crippen molar-refractivity contribution in [2.75, 3.05) is 7.11 Å². The minimum atomic E-state index is -1.51. The second kappa shape index (κ2) is 9.09. The van der Waals surface area contributed by atoms with Gasteiger partial charge < -0.3 is 14.2 Å². The number of fused-ring (bicyclic) bond motifs is 1. The molecule has 1 aromatic heterocycles. The molecule has 0 N–H and O–H groups in total. The number of carbonyl (C=O) groups is 1. The molecule has 35 heavy (non-hydrogen) atoms. The Morgan fingerprint density at radius 1 is 1.14 bits per heavy atom. The molecule has 3 heterocycles. The highest BCUT2D eigenvalue weighted by atomic mass is 19.2. The van der Waals surface area contributed by atoms with Crippen molar-refractivity contribution in [1.29, 1.82) is 0 Å². The largest absolute Gasteiger partial charge is 0.495 e. The summed E-state index contributed by atoms with van der Waals surface area (Å²) in [6.07, 6.45) is 10.9. The molecule has 1 saturated heterocycles. The molecule has 1 amide bonds. The lowest BCUT2D eigenvalue weighted by atomic mass is 9.87. The van der Waals surface area contributed by atoms with Crippen LogP contribution in [0.1, 0.15) is 42.1 Å². The van der Waals surface area contributed by atoms with Crippen LogP contribution in [0.3, 0.4) is 0 Å². The van der Waals surface area contributed by atoms with Crippen LogP contribution in [0.5, 0.6) is 5.75 Å². The van der Waals surface area contributed by atoms with Gasteiger partial charge >= 0.3 is 0 Å². The van der Waals surface area contributed by atoms with Gasteiger partial charge in [0.25, 0.3) is 5.91 Å². The second-order valence-corrected chi connectivity index (χ2v) is 8.82. The van der Waals surface area contributed by atoms with Crippen molar-refractivity contribution in [3.05, 3.63) is 94.9 Å². The van der Waals surface area contributed by atoms with Gasteiger partial charge in [0.05, 0.1) is 36.9 Å². The maximum atomic E-state index is 13.9. The Balaban J connectivity index is 1.47. The molecule has 2 aliphatic heterocycles. The number of nitrogens with zero attached hydrogens (tertiary/aromatic N) is 3. The van der Waals surface area contributed by atoms with Crippen molar-refractivity contribution in [2.24, 2.45) is 0 Å². The van der Waals surface area contributed by atoms with Crippen LogP contribution >= 0.6 is 0 Å². The van der Waals surface area contributed by atoms with E-state index in [0.717, 1.165) is 29.1 Å². The third-order valence-corrected chi connectivity index (χ3v) is 6.55. The third kappa shape index (κ3) is 4.24. The number of imidazole rings is 1. The number of hydrogen-bond donors (Lipinski definition) is 0. The summed E-state index contributed by atoms with van der Waals surface area (Å²) >= 11 is 0. The Hall–Kier alpha value is -3.81. The predicted octanol–water partition coefficient (Wildman–Crippen LogP) is 5.68. The number of aromatic nitrogens is 2. The summed E-state index contributed by atoms with van der Waals surface area (Å²) in [5, 5.41) is 0. The van der Waals surface area contributed by atoms with Crippen molar-refractivity contribution < 1.29 is 22.7 Å². The summed E-state index contributed by atoms with van der Waals surface area (Å²) in [5.74, 6) is -3.59. The van der Waals surface area contributed by atoms with E-state index in [0.29, 0.717) is 30.6 Å². The highest BCUT2D eigenvalue weighted by Gasteiger charge is 2.38. The number of aryl methyl sites for hydroxylation is 1. The molecule has 0 unspecified atom stereocenters. The van der Waals surface area contributed by atoms with Crippen LogP contribution < -0.4 is 4.74 Å². The number of piperidine rings is 1. The van der Waals surface area contributed by atoms with Gasteiger partial charge in [0.2, 0.25) is 0 Å². The minimum absolute atomic E-state index is 0.184. The van der Waals surface area contributed by atoms with E-state index in [-0.39, 0.29) is 17.5 Å². The molecule has 0 radical (unpaired) electrons. The standard InChI is InChI=1S/C27H24F3N3O2/c1-16-14-32(15-31-16)24-9-6-17(11-25(24)35-2)10-18-7-8-20-4-3-5-23(33(20)27(18)34)19-12-21(28)26(30)22(29)13-19/h3-4,6,9-15,20,23H,5,7-8H2,1-2H3/b18-10-/t20-,23-/m0/s1. The fraction of sp³-hybridized carbons (Fsp3) is 0.259. The van der Waals surface area contributed by atoms with Gasteiger partial charge in [0.15, 0.2) is 17.5 Å². The Kier molecular flexibility index (Phi) is 5.96. The quantitative estimate of drug-likeness (QED) is 0.275. The summed E-state index contributed by atoms with van der Waals surface area (Å²) in [7, 11) is 1.58. The molecule has 0 saturated carbocycles. The first-order valence-electron chi connectivity index (χ1n) is 11.4. The van der Waals surface area contributed by atoms with E-state index in [1.165, 1.54) is 0 Å². The van der Waals surface area contributed by atoms with E-state index in [9.17, 15) is 18.0 Å². The van der Waals surface area contributed by atoms with Crippen molar-refractivity contribution in [3.8, 4) is 11.4 Å². The number of ether oxygens (including phenoxy) is 1. The lowest BCUT2D eigenvalue weighted by Gasteiger charge is -2.43. The van der Waals surface area contributed by atoms with E-state index in [1.807, 2.05) is 54.1 Å². The Labute approximate surface area is 201 Å². The summed E-state index contributed by atoms with van der Waals surface area (Å²) in [4.78, 5) is 19.5. The van der Waals surface area contributed by atoms with Gasteiger partial charge in [0.1, 0.15) is 5.75 Å². The first kappa shape index (κ1) is 23.0. The number of carbonyl (C=O) groups excluding carboxylic acids is 1. The average molecular weight is 480 g/mol. The molecular weight excluding hydrogens is 455 g/mol. The molecule has 5 rings (SSSR count). The molecule has 0 aliphatic carbocycles. The van der Waals surface area contributed by atoms with E-state index in [2.05, 4.69) is 4.98 Å². The summed E-state index contributed by atoms with van der Waals surface area (Å²) in [6, 6.07) is 6.85. The van der Waals surface area contributed by atoms with Crippen LogP contribution in [0.15, 0.2) is 60.6 Å². The summed E-state index contributed by atoms with van der Waals surface area (Å²) in [6.45, 7) is 1.90. The monoisotopic (exact) mass is 479 g/mol. The Morgan fingerprint density at radius 3 is 2.60 bits per heavy atom. The first-order valence-corrected chi connectivity index (χ1v) is 11.4. The molecule has 180 valence electrons. The van der Waals surface area contributed by atoms with Gasteiger partial charge in [-0.1, -0.05) is 18.2 Å². The van der Waals surface area contributed by atoms with Gasteiger partial charge in [-0.15, -0.1) is 0 Å². The number of halogens is 3. The minimum Gasteiger partial charge on any atom is -0.495 e. The molecule has 2 aromatic carbocycles. The van der Waals surface area contributed by atoms with Crippen LogP contribution in [0.4, 0.5) is 13.2 Å². The predicted molar refractivity (Wildman–Crippen MR) is 126 cm³/mol. The molecule has 0 bridgehead atoms. The van der Waals surface area contributed by atoms with Gasteiger partial charge in [-0.2, -0.15) is 0 Å². The fourth-order valence-electron chi connectivity index (χ4n) is 4.86. The number of amides is 1.